The highest BCUT2D eigenvalue weighted by atomic mass is 32.2. The number of aromatic hydroxyl groups is 1. The van der Waals surface area contributed by atoms with Crippen molar-refractivity contribution in [1.82, 2.24) is 5.32 Å². The van der Waals surface area contributed by atoms with Crippen LogP contribution >= 0.6 is 0 Å². The molecule has 4 aromatic carbocycles. The molecule has 39 heavy (non-hydrogen) atoms. The number of hydrogen-bond acceptors (Lipinski definition) is 6. The molecule has 2 N–H and O–H groups in total. The van der Waals surface area contributed by atoms with Gasteiger partial charge >= 0.3 is 0 Å². The van der Waals surface area contributed by atoms with E-state index >= 15 is 0 Å². The minimum Gasteiger partial charge on any atom is -0.744 e. The maximum absolute atomic E-state index is 10.5. The topological polar surface area (TPSA) is 96.6 Å². The van der Waals surface area contributed by atoms with Gasteiger partial charge in [-0.2, -0.15) is 4.57 Å². The summed E-state index contributed by atoms with van der Waals surface area (Å²) in [6, 6.07) is 30.2. The van der Waals surface area contributed by atoms with Gasteiger partial charge in [0.25, 0.3) is 0 Å². The number of phenolic OH excluding ortho intramolecular Hbond substituents is 1. The van der Waals surface area contributed by atoms with E-state index < -0.39 is 10.1 Å². The van der Waals surface area contributed by atoms with E-state index in [1.54, 1.807) is 0 Å². The lowest BCUT2D eigenvalue weighted by atomic mass is 9.95. The van der Waals surface area contributed by atoms with Crippen molar-refractivity contribution in [2.45, 2.75) is 11.8 Å². The van der Waals surface area contributed by atoms with Crippen LogP contribution in [0.2, 0.25) is 0 Å². The quantitative estimate of drug-likeness (QED) is 0.198. The molecule has 0 saturated carbocycles. The molecule has 0 spiro atoms. The lowest BCUT2D eigenvalue weighted by Gasteiger charge is -2.29. The first-order valence-electron chi connectivity index (χ1n) is 12.8. The van der Waals surface area contributed by atoms with Crippen LogP contribution in [0.4, 0.5) is 5.69 Å². The number of fused-ring (bicyclic) bond motifs is 2. The minimum absolute atomic E-state index is 0.227. The number of aryl methyl sites for hydroxylation is 2. The summed E-state index contributed by atoms with van der Waals surface area (Å²) >= 11 is 0. The average Bonchev–Trinajstić information content (AvgIpc) is 2.95. The van der Waals surface area contributed by atoms with Crippen molar-refractivity contribution in [1.29, 1.82) is 0 Å². The number of phenols is 1. The summed E-state index contributed by atoms with van der Waals surface area (Å²) in [6.07, 6.45) is 0. The Kier molecular flexibility index (Phi) is 7.52. The number of para-hydroxylation sites is 2. The predicted molar refractivity (Wildman–Crippen MR) is 154 cm³/mol. The van der Waals surface area contributed by atoms with Crippen LogP contribution in [-0.2, 0) is 17.2 Å². The molecule has 0 unspecified atom stereocenters. The Morgan fingerprint density at radius 1 is 0.846 bits per heavy atom. The van der Waals surface area contributed by atoms with Crippen molar-refractivity contribution in [2.75, 3.05) is 31.1 Å². The highest BCUT2D eigenvalue weighted by Gasteiger charge is 2.19. The van der Waals surface area contributed by atoms with Gasteiger partial charge in [-0.3, -0.25) is 0 Å². The highest BCUT2D eigenvalue weighted by molar-refractivity contribution is 7.85. The zero-order valence-corrected chi connectivity index (χ0v) is 22.8. The van der Waals surface area contributed by atoms with Crippen LogP contribution in [-0.4, -0.2) is 44.3 Å². The zero-order valence-electron chi connectivity index (χ0n) is 22.0. The second-order valence-corrected chi connectivity index (χ2v) is 11.0. The number of benzene rings is 4. The number of hydrogen-bond donors (Lipinski definition) is 2. The van der Waals surface area contributed by atoms with Crippen molar-refractivity contribution < 1.29 is 22.6 Å². The Labute approximate surface area is 228 Å². The van der Waals surface area contributed by atoms with E-state index in [9.17, 15) is 13.0 Å². The molecule has 7 nitrogen and oxygen atoms in total. The van der Waals surface area contributed by atoms with Gasteiger partial charge in [0.15, 0.2) is 0 Å². The van der Waals surface area contributed by atoms with E-state index in [1.807, 2.05) is 0 Å². The van der Waals surface area contributed by atoms with Crippen LogP contribution in [0.25, 0.3) is 32.9 Å². The molecule has 1 aromatic heterocycles. The lowest BCUT2D eigenvalue weighted by Crippen LogP contribution is -2.43. The second-order valence-electron chi connectivity index (χ2n) is 9.66. The second kappa shape index (κ2) is 11.0. The van der Waals surface area contributed by atoms with Gasteiger partial charge in [-0.15, -0.1) is 0 Å². The van der Waals surface area contributed by atoms with Crippen molar-refractivity contribution in [3.63, 3.8) is 0 Å². The number of pyridine rings is 1. The SMILES string of the molecule is C[n+]1c2ccccc2c(-c2ccc(N3CCNCC3)cc2)c2ccccc21.Cc1ccc(O)cc1S(=O)(=O)[O-]. The molecule has 200 valence electrons. The van der Waals surface area contributed by atoms with Crippen molar-refractivity contribution in [3.8, 4) is 16.9 Å². The molecule has 6 rings (SSSR count). The number of piperazine rings is 1. The predicted octanol–water partition coefficient (Wildman–Crippen LogP) is 4.50. The van der Waals surface area contributed by atoms with Crippen LogP contribution < -0.4 is 14.8 Å². The Balaban J connectivity index is 0.000000217. The Bertz CT molecular complexity index is 1690. The van der Waals surface area contributed by atoms with Gasteiger partial charge in [0.1, 0.15) is 22.9 Å². The Morgan fingerprint density at radius 3 is 1.95 bits per heavy atom. The molecule has 1 fully saturated rings. The summed E-state index contributed by atoms with van der Waals surface area (Å²) in [5.74, 6) is -0.227. The molecular weight excluding hydrogens is 510 g/mol. The van der Waals surface area contributed by atoms with Gasteiger partial charge in [-0.05, 0) is 54.4 Å². The van der Waals surface area contributed by atoms with Gasteiger partial charge < -0.3 is 19.9 Å². The molecule has 2 heterocycles. The van der Waals surface area contributed by atoms with E-state index in [2.05, 4.69) is 94.6 Å². The molecule has 0 aliphatic carbocycles. The first kappa shape index (κ1) is 26.6. The third-order valence-corrected chi connectivity index (χ3v) is 8.13. The molecule has 5 aromatic rings. The van der Waals surface area contributed by atoms with Crippen LogP contribution in [0.1, 0.15) is 5.56 Å². The van der Waals surface area contributed by atoms with E-state index in [0.29, 0.717) is 5.56 Å². The normalized spacial score (nSPS) is 13.8. The fourth-order valence-electron chi connectivity index (χ4n) is 5.16. The van der Waals surface area contributed by atoms with E-state index in [4.69, 9.17) is 5.11 Å². The maximum atomic E-state index is 10.5. The highest BCUT2D eigenvalue weighted by Crippen LogP contribution is 2.34. The largest absolute Gasteiger partial charge is 0.744 e. The Hall–Kier alpha value is -3.98. The Morgan fingerprint density at radius 2 is 1.41 bits per heavy atom. The zero-order chi connectivity index (χ0) is 27.6. The molecule has 1 aliphatic heterocycles. The van der Waals surface area contributed by atoms with Gasteiger partial charge in [0, 0.05) is 49.6 Å². The summed E-state index contributed by atoms with van der Waals surface area (Å²) in [5, 5.41) is 14.9. The minimum atomic E-state index is -4.47. The number of nitrogens with one attached hydrogen (secondary N) is 1. The molecule has 0 atom stereocenters. The summed E-state index contributed by atoms with van der Waals surface area (Å²) in [7, 11) is -2.31. The molecular formula is C31H31N3O4S. The molecule has 0 bridgehead atoms. The van der Waals surface area contributed by atoms with Gasteiger partial charge in [-0.1, -0.05) is 42.5 Å². The first-order valence-corrected chi connectivity index (χ1v) is 14.3. The fourth-order valence-corrected chi connectivity index (χ4v) is 5.89. The van der Waals surface area contributed by atoms with E-state index in [1.165, 1.54) is 57.7 Å². The number of anilines is 1. The van der Waals surface area contributed by atoms with Crippen LogP contribution in [0.15, 0.2) is 95.9 Å². The van der Waals surface area contributed by atoms with Gasteiger partial charge in [0.05, 0.1) is 15.7 Å². The number of nitrogens with zero attached hydrogens (tertiary/aromatic N) is 2. The summed E-state index contributed by atoms with van der Waals surface area (Å²) in [6.45, 7) is 5.77. The van der Waals surface area contributed by atoms with Crippen molar-refractivity contribution in [2.24, 2.45) is 7.05 Å². The molecule has 0 radical (unpaired) electrons. The molecule has 8 heteroatoms. The lowest BCUT2D eigenvalue weighted by molar-refractivity contribution is -0.617. The maximum Gasteiger partial charge on any atom is 0.213 e. The monoisotopic (exact) mass is 541 g/mol. The standard InChI is InChI=1S/C24H24N3.C7H8O4S/c1-26-22-8-4-2-6-20(22)24(21-7-3-5-9-23(21)26)18-10-12-19(13-11-18)27-16-14-25-15-17-27;1-5-2-3-6(8)4-7(5)12(9,10)11/h2-13,25H,14-17H2,1H3;2-4,8H,1H3,(H,9,10,11)/q+1;/p-1. The fraction of sp³-hybridized carbons (Fsp3) is 0.194. The summed E-state index contributed by atoms with van der Waals surface area (Å²) in [5.41, 5.74) is 6.78. The van der Waals surface area contributed by atoms with Crippen LogP contribution in [0.5, 0.6) is 5.75 Å². The van der Waals surface area contributed by atoms with Gasteiger partial charge in [-0.25, -0.2) is 8.42 Å². The van der Waals surface area contributed by atoms with Crippen molar-refractivity contribution in [3.05, 3.63) is 96.6 Å². The van der Waals surface area contributed by atoms with E-state index in [0.717, 1.165) is 32.2 Å². The third kappa shape index (κ3) is 5.59. The molecule has 1 aliphatic rings. The molecule has 1 saturated heterocycles. The number of rotatable bonds is 3. The van der Waals surface area contributed by atoms with Crippen LogP contribution in [0, 0.1) is 6.92 Å². The smallest absolute Gasteiger partial charge is 0.213 e. The first-order chi connectivity index (χ1) is 18.7. The van der Waals surface area contributed by atoms with Crippen molar-refractivity contribution >= 4 is 37.6 Å². The number of aromatic nitrogens is 1. The average molecular weight is 542 g/mol. The summed E-state index contributed by atoms with van der Waals surface area (Å²) in [4.78, 5) is 2.09. The molecule has 0 amide bonds. The van der Waals surface area contributed by atoms with Crippen LogP contribution in [0.3, 0.4) is 0 Å². The third-order valence-electron chi connectivity index (χ3n) is 7.15. The summed E-state index contributed by atoms with van der Waals surface area (Å²) < 4.78 is 33.9. The van der Waals surface area contributed by atoms with E-state index in [-0.39, 0.29) is 10.6 Å². The van der Waals surface area contributed by atoms with Gasteiger partial charge in [0.2, 0.25) is 11.0 Å².